The summed E-state index contributed by atoms with van der Waals surface area (Å²) in [4.78, 5) is 9.22. The predicted octanol–water partition coefficient (Wildman–Crippen LogP) is 11.7. The molecule has 0 atom stereocenters. The second-order valence-corrected chi connectivity index (χ2v) is 37.4. The summed E-state index contributed by atoms with van der Waals surface area (Å²) in [6, 6.07) is 40.9. The predicted molar refractivity (Wildman–Crippen MR) is 220 cm³/mol. The van der Waals surface area contributed by atoms with E-state index < -0.39 is 32.4 Å². The molecule has 0 spiro atoms. The van der Waals surface area contributed by atoms with Crippen molar-refractivity contribution >= 4 is 66.8 Å². The van der Waals surface area contributed by atoms with Crippen LogP contribution in [0.2, 0.25) is 34.5 Å². The Balaban J connectivity index is 0.000000237. The Morgan fingerprint density at radius 1 is 0.720 bits per heavy atom. The molecule has 0 aliphatic heterocycles. The molecule has 257 valence electrons. The van der Waals surface area contributed by atoms with Gasteiger partial charge in [0.05, 0.1) is 0 Å². The summed E-state index contributed by atoms with van der Waals surface area (Å²) in [5.74, 6) is 13.8. The number of hydrogen-bond donors (Lipinski definition) is 0. The number of hydrogen-bond acceptors (Lipinski definition) is 3. The van der Waals surface area contributed by atoms with E-state index in [0.717, 1.165) is 28.1 Å². The summed E-state index contributed by atoms with van der Waals surface area (Å²) < 4.78 is 13.9. The smallest absolute Gasteiger partial charge is 0 e. The first-order chi connectivity index (χ1) is 23.6. The van der Waals surface area contributed by atoms with Gasteiger partial charge in [0.15, 0.2) is 0 Å². The standard InChI is InChI=1S/C29H28GeNS.C15H18GeN.Ir/c1-19(2)21-15-16-31-27(17-21)26-8-6-7-25-24-14-11-22(18-28(24)32-29(25)26)20-9-12-23(13-10-20)30(3,4)5;1-12-10-15(13-8-6-5-7-9-13)17-11-14(12)16(2,3)4;/h6-7,9-19H,1-5H3;5-8,10-11H,1-4H3;/q2*-1;/i19D;;. The second kappa shape index (κ2) is 15.8. The van der Waals surface area contributed by atoms with Crippen LogP contribution in [0.4, 0.5) is 0 Å². The summed E-state index contributed by atoms with van der Waals surface area (Å²) in [7, 11) is 0. The van der Waals surface area contributed by atoms with Crippen LogP contribution in [0.1, 0.15) is 32.2 Å². The molecule has 6 heteroatoms. The molecule has 1 radical (unpaired) electrons. The molecule has 0 unspecified atom stereocenters. The molecule has 50 heavy (non-hydrogen) atoms. The van der Waals surface area contributed by atoms with Gasteiger partial charge in [-0.2, -0.15) is 0 Å². The van der Waals surface area contributed by atoms with Gasteiger partial charge in [0, 0.05) is 27.7 Å². The number of fused-ring (bicyclic) bond motifs is 3. The van der Waals surface area contributed by atoms with Gasteiger partial charge in [-0.3, -0.25) is 0 Å². The molecular formula is C44H46Ge2IrN2S-2. The van der Waals surface area contributed by atoms with E-state index in [0.29, 0.717) is 0 Å². The molecule has 0 aliphatic rings. The zero-order chi connectivity index (χ0) is 35.8. The van der Waals surface area contributed by atoms with Crippen molar-refractivity contribution in [3.05, 3.63) is 133 Å². The quantitative estimate of drug-likeness (QED) is 0.123. The van der Waals surface area contributed by atoms with E-state index in [-0.39, 0.29) is 20.1 Å². The van der Waals surface area contributed by atoms with Crippen molar-refractivity contribution in [2.24, 2.45) is 0 Å². The summed E-state index contributed by atoms with van der Waals surface area (Å²) >= 11 is -1.77. The fourth-order valence-corrected chi connectivity index (χ4v) is 13.5. The van der Waals surface area contributed by atoms with E-state index in [1.807, 2.05) is 56.4 Å². The van der Waals surface area contributed by atoms with Gasteiger partial charge in [0.2, 0.25) is 0 Å². The number of pyridine rings is 2. The van der Waals surface area contributed by atoms with Gasteiger partial charge in [-0.25, -0.2) is 0 Å². The van der Waals surface area contributed by atoms with Gasteiger partial charge >= 0.3 is 267 Å². The third-order valence-electron chi connectivity index (χ3n) is 9.01. The number of thiophene rings is 1. The Morgan fingerprint density at radius 3 is 2.10 bits per heavy atom. The molecule has 7 aromatic rings. The molecule has 2 nitrogen and oxygen atoms in total. The van der Waals surface area contributed by atoms with Crippen molar-refractivity contribution in [1.29, 1.82) is 0 Å². The number of nitrogens with zero attached hydrogens (tertiary/aromatic N) is 2. The average Bonchev–Trinajstić information content (AvgIpc) is 3.46. The van der Waals surface area contributed by atoms with E-state index in [9.17, 15) is 0 Å². The van der Waals surface area contributed by atoms with E-state index in [1.54, 1.807) is 11.3 Å². The third kappa shape index (κ3) is 8.60. The second-order valence-electron chi connectivity index (χ2n) is 15.1. The van der Waals surface area contributed by atoms with E-state index >= 15 is 0 Å². The normalized spacial score (nSPS) is 12.2. The van der Waals surface area contributed by atoms with Crippen LogP contribution in [-0.2, 0) is 20.1 Å². The molecule has 0 saturated heterocycles. The average molecular weight is 973 g/mol. The molecule has 7 rings (SSSR count). The van der Waals surface area contributed by atoms with Crippen LogP contribution in [0.5, 0.6) is 0 Å². The van der Waals surface area contributed by atoms with Crippen molar-refractivity contribution in [2.45, 2.75) is 61.2 Å². The maximum atomic E-state index is 8.40. The van der Waals surface area contributed by atoms with Crippen LogP contribution in [-0.4, -0.2) is 36.5 Å². The van der Waals surface area contributed by atoms with Crippen molar-refractivity contribution in [3.63, 3.8) is 0 Å². The van der Waals surface area contributed by atoms with Crippen LogP contribution in [0.3, 0.4) is 0 Å². The van der Waals surface area contributed by atoms with Crippen molar-refractivity contribution in [3.8, 4) is 33.6 Å². The van der Waals surface area contributed by atoms with E-state index in [1.165, 1.54) is 45.7 Å². The van der Waals surface area contributed by atoms with Gasteiger partial charge < -0.3 is 0 Å². The monoisotopic (exact) mass is 976 g/mol. The molecule has 0 bridgehead atoms. The maximum absolute atomic E-state index is 8.40. The van der Waals surface area contributed by atoms with Crippen LogP contribution in [0.25, 0.3) is 53.8 Å². The van der Waals surface area contributed by atoms with Gasteiger partial charge in [0.1, 0.15) is 0 Å². The van der Waals surface area contributed by atoms with Crippen LogP contribution in [0, 0.1) is 19.1 Å². The van der Waals surface area contributed by atoms with E-state index in [4.69, 9.17) is 1.37 Å². The number of rotatable bonds is 6. The Morgan fingerprint density at radius 2 is 1.46 bits per heavy atom. The van der Waals surface area contributed by atoms with Crippen molar-refractivity contribution < 1.29 is 21.5 Å². The Labute approximate surface area is 323 Å². The van der Waals surface area contributed by atoms with Crippen LogP contribution >= 0.6 is 11.3 Å². The molecule has 0 saturated carbocycles. The van der Waals surface area contributed by atoms with Gasteiger partial charge in [-0.1, -0.05) is 19.4 Å². The molecule has 0 amide bonds. The van der Waals surface area contributed by atoms with Crippen LogP contribution < -0.4 is 8.79 Å². The third-order valence-corrected chi connectivity index (χ3v) is 19.0. The Hall–Kier alpha value is -2.86. The van der Waals surface area contributed by atoms with Crippen LogP contribution in [0.15, 0.2) is 109 Å². The van der Waals surface area contributed by atoms with Gasteiger partial charge in [0.25, 0.3) is 0 Å². The molecule has 0 aliphatic carbocycles. The zero-order valence-electron chi connectivity index (χ0n) is 31.5. The first-order valence-electron chi connectivity index (χ1n) is 17.5. The first-order valence-corrected chi connectivity index (χ1v) is 32.5. The number of aromatic nitrogens is 2. The molecule has 4 aromatic carbocycles. The molecular weight excluding hydrogens is 926 g/mol. The molecule has 3 aromatic heterocycles. The minimum Gasteiger partial charge on any atom is 0 e. The SMILES string of the molecule is Cc1cc(-c2[c-]cccc2)nc[c]1[Ge]([CH3])([CH3])[CH3].[2H]C(C)(C)c1ccnc(-c2[c-]ccc3c2sc2cc(-c4cc[c]([Ge]([CH3])([CH3])[CH3])cc4)ccc23)c1.[Ir]. The fourth-order valence-electron chi connectivity index (χ4n) is 6.19. The van der Waals surface area contributed by atoms with E-state index in [2.05, 4.69) is 130 Å². The number of aryl methyl sites for hydroxylation is 1. The van der Waals surface area contributed by atoms with Gasteiger partial charge in [-0.15, -0.1) is 0 Å². The van der Waals surface area contributed by atoms with Crippen molar-refractivity contribution in [2.75, 3.05) is 0 Å². The summed E-state index contributed by atoms with van der Waals surface area (Å²) in [6.45, 7) is 6.02. The minimum absolute atomic E-state index is 0. The topological polar surface area (TPSA) is 25.8 Å². The zero-order valence-corrected chi connectivity index (χ0v) is 37.9. The summed E-state index contributed by atoms with van der Waals surface area (Å²) in [5, 5.41) is 2.51. The van der Waals surface area contributed by atoms with Crippen molar-refractivity contribution in [1.82, 2.24) is 9.97 Å². The Kier molecular flexibility index (Phi) is 11.7. The molecule has 3 heterocycles. The van der Waals surface area contributed by atoms with Gasteiger partial charge in [-0.05, 0) is 12.0 Å². The summed E-state index contributed by atoms with van der Waals surface area (Å²) in [6.07, 6.45) is 3.88. The number of benzene rings is 4. The molecule has 0 N–H and O–H groups in total. The molecule has 0 fully saturated rings. The first kappa shape index (κ1) is 36.9. The minimum atomic E-state index is -1.80. The summed E-state index contributed by atoms with van der Waals surface area (Å²) in [5.41, 5.74) is 8.86. The fraction of sp³-hybridized carbons (Fsp3) is 0.227. The Bertz CT molecular complexity index is 2280.